The number of hydrogen-bond acceptors (Lipinski definition) is 2. The highest BCUT2D eigenvalue weighted by molar-refractivity contribution is 6.34. The summed E-state index contributed by atoms with van der Waals surface area (Å²) in [7, 11) is 0. The van der Waals surface area contributed by atoms with Crippen LogP contribution in [0.2, 0.25) is 5.02 Å². The number of para-hydroxylation sites is 1. The lowest BCUT2D eigenvalue weighted by molar-refractivity contribution is 0.513. The Bertz CT molecular complexity index is 450. The van der Waals surface area contributed by atoms with Gasteiger partial charge in [-0.3, -0.25) is 0 Å². The molecule has 0 atom stereocenters. The van der Waals surface area contributed by atoms with E-state index in [4.69, 9.17) is 16.0 Å². The molecule has 0 aliphatic rings. The van der Waals surface area contributed by atoms with Crippen molar-refractivity contribution in [1.29, 1.82) is 0 Å². The lowest BCUT2D eigenvalue weighted by Crippen LogP contribution is -2.12. The van der Waals surface area contributed by atoms with E-state index < -0.39 is 0 Å². The third-order valence-corrected chi connectivity index (χ3v) is 2.57. The van der Waals surface area contributed by atoms with Crippen LogP contribution >= 0.6 is 11.6 Å². The van der Waals surface area contributed by atoms with Crippen LogP contribution in [0.25, 0.3) is 11.0 Å². The molecule has 2 rings (SSSR count). The zero-order valence-corrected chi connectivity index (χ0v) is 9.47. The summed E-state index contributed by atoms with van der Waals surface area (Å²) in [5, 5.41) is 5.04. The molecular formula is C12H14ClNO. The van der Waals surface area contributed by atoms with Crippen LogP contribution in [-0.4, -0.2) is 6.54 Å². The van der Waals surface area contributed by atoms with Crippen LogP contribution in [0.5, 0.6) is 0 Å². The second kappa shape index (κ2) is 4.69. The normalized spacial score (nSPS) is 11.1. The van der Waals surface area contributed by atoms with Crippen molar-refractivity contribution in [2.45, 2.75) is 19.9 Å². The largest absolute Gasteiger partial charge is 0.458 e. The molecule has 0 unspecified atom stereocenters. The molecule has 0 radical (unpaired) electrons. The van der Waals surface area contributed by atoms with E-state index in [-0.39, 0.29) is 0 Å². The molecule has 1 aromatic heterocycles. The Morgan fingerprint density at radius 2 is 2.27 bits per heavy atom. The maximum Gasteiger partial charge on any atom is 0.152 e. The average molecular weight is 224 g/mol. The molecule has 0 saturated heterocycles. The van der Waals surface area contributed by atoms with Gasteiger partial charge < -0.3 is 9.73 Å². The van der Waals surface area contributed by atoms with Crippen molar-refractivity contribution in [3.8, 4) is 0 Å². The fraction of sp³-hybridized carbons (Fsp3) is 0.333. The second-order valence-electron chi connectivity index (χ2n) is 3.55. The van der Waals surface area contributed by atoms with Crippen molar-refractivity contribution in [3.63, 3.8) is 0 Å². The predicted molar refractivity (Wildman–Crippen MR) is 63.2 cm³/mol. The van der Waals surface area contributed by atoms with Crippen LogP contribution in [0.4, 0.5) is 0 Å². The van der Waals surface area contributed by atoms with Crippen LogP contribution in [0.1, 0.15) is 19.1 Å². The van der Waals surface area contributed by atoms with E-state index in [1.54, 1.807) is 0 Å². The van der Waals surface area contributed by atoms with Gasteiger partial charge >= 0.3 is 0 Å². The predicted octanol–water partition coefficient (Wildman–Crippen LogP) is 3.59. The summed E-state index contributed by atoms with van der Waals surface area (Å²) in [4.78, 5) is 0. The van der Waals surface area contributed by atoms with E-state index in [1.807, 2.05) is 24.3 Å². The zero-order valence-electron chi connectivity index (χ0n) is 8.72. The molecule has 0 amide bonds. The Kier molecular flexibility index (Phi) is 3.29. The van der Waals surface area contributed by atoms with Crippen molar-refractivity contribution in [1.82, 2.24) is 5.32 Å². The first-order chi connectivity index (χ1) is 7.31. The van der Waals surface area contributed by atoms with Crippen molar-refractivity contribution in [2.24, 2.45) is 0 Å². The van der Waals surface area contributed by atoms with E-state index in [0.717, 1.165) is 36.2 Å². The minimum absolute atomic E-state index is 0.675. The summed E-state index contributed by atoms with van der Waals surface area (Å²) in [5.74, 6) is 0.937. The van der Waals surface area contributed by atoms with Gasteiger partial charge in [-0.15, -0.1) is 0 Å². The summed E-state index contributed by atoms with van der Waals surface area (Å²) < 4.78 is 5.65. The van der Waals surface area contributed by atoms with Crippen molar-refractivity contribution in [3.05, 3.63) is 35.0 Å². The van der Waals surface area contributed by atoms with Gasteiger partial charge in [0, 0.05) is 5.39 Å². The Balaban J connectivity index is 2.20. The van der Waals surface area contributed by atoms with Gasteiger partial charge in [0.05, 0.1) is 11.6 Å². The standard InChI is InChI=1S/C12H14ClNO/c1-2-6-14-8-10-7-9-4-3-5-11(13)12(9)15-10/h3-5,7,14H,2,6,8H2,1H3. The lowest BCUT2D eigenvalue weighted by Gasteiger charge is -1.97. The van der Waals surface area contributed by atoms with Crippen LogP contribution in [-0.2, 0) is 6.54 Å². The average Bonchev–Trinajstić information content (AvgIpc) is 2.63. The number of nitrogens with one attached hydrogen (secondary N) is 1. The maximum atomic E-state index is 6.02. The summed E-state index contributed by atoms with van der Waals surface area (Å²) in [6.45, 7) is 3.91. The molecule has 0 aliphatic heterocycles. The summed E-state index contributed by atoms with van der Waals surface area (Å²) >= 11 is 6.02. The van der Waals surface area contributed by atoms with Gasteiger partial charge in [0.15, 0.2) is 5.58 Å². The first-order valence-electron chi connectivity index (χ1n) is 5.19. The van der Waals surface area contributed by atoms with E-state index in [9.17, 15) is 0 Å². The Hall–Kier alpha value is -0.990. The summed E-state index contributed by atoms with van der Waals surface area (Å²) in [6, 6.07) is 7.82. The third kappa shape index (κ3) is 2.33. The van der Waals surface area contributed by atoms with Gasteiger partial charge in [0.25, 0.3) is 0 Å². The number of benzene rings is 1. The number of halogens is 1. The molecule has 0 spiro atoms. The smallest absolute Gasteiger partial charge is 0.152 e. The fourth-order valence-corrected chi connectivity index (χ4v) is 1.78. The third-order valence-electron chi connectivity index (χ3n) is 2.27. The molecule has 0 bridgehead atoms. The molecule has 2 aromatic rings. The monoisotopic (exact) mass is 223 g/mol. The molecule has 0 saturated carbocycles. The van der Waals surface area contributed by atoms with E-state index in [0.29, 0.717) is 5.02 Å². The highest BCUT2D eigenvalue weighted by Crippen LogP contribution is 2.26. The maximum absolute atomic E-state index is 6.02. The van der Waals surface area contributed by atoms with Gasteiger partial charge in [0.1, 0.15) is 5.76 Å². The van der Waals surface area contributed by atoms with Crippen LogP contribution in [0.3, 0.4) is 0 Å². The number of furan rings is 1. The van der Waals surface area contributed by atoms with Crippen molar-refractivity contribution >= 4 is 22.6 Å². The number of hydrogen-bond donors (Lipinski definition) is 1. The summed E-state index contributed by atoms with van der Waals surface area (Å²) in [5.41, 5.74) is 0.785. The SMILES string of the molecule is CCCNCc1cc2cccc(Cl)c2o1. The summed E-state index contributed by atoms with van der Waals surface area (Å²) in [6.07, 6.45) is 1.13. The molecule has 3 heteroatoms. The minimum Gasteiger partial charge on any atom is -0.458 e. The molecule has 0 aliphatic carbocycles. The zero-order chi connectivity index (χ0) is 10.7. The van der Waals surface area contributed by atoms with Crippen molar-refractivity contribution in [2.75, 3.05) is 6.54 Å². The molecule has 80 valence electrons. The van der Waals surface area contributed by atoms with E-state index >= 15 is 0 Å². The molecule has 1 heterocycles. The molecule has 0 fully saturated rings. The van der Waals surface area contributed by atoms with Gasteiger partial charge in [-0.2, -0.15) is 0 Å². The molecule has 15 heavy (non-hydrogen) atoms. The number of fused-ring (bicyclic) bond motifs is 1. The van der Waals surface area contributed by atoms with Gasteiger partial charge in [-0.25, -0.2) is 0 Å². The van der Waals surface area contributed by atoms with Gasteiger partial charge in [0.2, 0.25) is 0 Å². The van der Waals surface area contributed by atoms with Gasteiger partial charge in [-0.1, -0.05) is 30.7 Å². The Morgan fingerprint density at radius 1 is 1.40 bits per heavy atom. The van der Waals surface area contributed by atoms with E-state index in [1.165, 1.54) is 0 Å². The number of rotatable bonds is 4. The van der Waals surface area contributed by atoms with Crippen LogP contribution < -0.4 is 5.32 Å². The molecule has 1 N–H and O–H groups in total. The van der Waals surface area contributed by atoms with Crippen LogP contribution in [0, 0.1) is 0 Å². The molecular weight excluding hydrogens is 210 g/mol. The topological polar surface area (TPSA) is 25.2 Å². The quantitative estimate of drug-likeness (QED) is 0.802. The second-order valence-corrected chi connectivity index (χ2v) is 3.95. The Morgan fingerprint density at radius 3 is 3.00 bits per heavy atom. The minimum atomic E-state index is 0.675. The first kappa shape index (κ1) is 10.5. The van der Waals surface area contributed by atoms with Gasteiger partial charge in [-0.05, 0) is 25.1 Å². The molecule has 1 aromatic carbocycles. The van der Waals surface area contributed by atoms with E-state index in [2.05, 4.69) is 12.2 Å². The Labute approximate surface area is 94.2 Å². The highest BCUT2D eigenvalue weighted by Gasteiger charge is 2.05. The van der Waals surface area contributed by atoms with Crippen LogP contribution in [0.15, 0.2) is 28.7 Å². The lowest BCUT2D eigenvalue weighted by atomic mass is 10.2. The van der Waals surface area contributed by atoms with Crippen molar-refractivity contribution < 1.29 is 4.42 Å². The highest BCUT2D eigenvalue weighted by atomic mass is 35.5. The molecule has 2 nitrogen and oxygen atoms in total. The first-order valence-corrected chi connectivity index (χ1v) is 5.56. The fourth-order valence-electron chi connectivity index (χ4n) is 1.56.